The van der Waals surface area contributed by atoms with Crippen LogP contribution in [0.5, 0.6) is 0 Å². The molecule has 1 aliphatic heterocycles. The van der Waals surface area contributed by atoms with Crippen LogP contribution in [0.4, 0.5) is 0 Å². The predicted octanol–water partition coefficient (Wildman–Crippen LogP) is 0.710. The maximum Gasteiger partial charge on any atom is 0.334 e. The lowest BCUT2D eigenvalue weighted by molar-refractivity contribution is -0.197. The van der Waals surface area contributed by atoms with Crippen LogP contribution in [0.25, 0.3) is 0 Å². The minimum Gasteiger partial charge on any atom is -0.379 e. The quantitative estimate of drug-likeness (QED) is 0.562. The second-order valence-electron chi connectivity index (χ2n) is 7.12. The summed E-state index contributed by atoms with van der Waals surface area (Å²) >= 11 is 0. The molecule has 1 aliphatic rings. The molecule has 1 N–H and O–H groups in total. The lowest BCUT2D eigenvalue weighted by Crippen LogP contribution is -2.45. The van der Waals surface area contributed by atoms with Crippen molar-refractivity contribution in [1.29, 1.82) is 0 Å². The Hall–Kier alpha value is -2.00. The highest BCUT2D eigenvalue weighted by molar-refractivity contribution is 6.01. The van der Waals surface area contributed by atoms with E-state index in [4.69, 9.17) is 14.3 Å². The van der Waals surface area contributed by atoms with Crippen LogP contribution in [-0.2, 0) is 33.5 Å². The van der Waals surface area contributed by atoms with Crippen LogP contribution in [0.2, 0.25) is 0 Å². The SMILES string of the molecule is COC(C)(C)CCOC(C)(C)C(=O)NCCC(=O)ON1C(=O)CCC1=O. The highest BCUT2D eigenvalue weighted by Gasteiger charge is 2.33. The minimum absolute atomic E-state index is 0.00421. The zero-order valence-corrected chi connectivity index (χ0v) is 16.0. The minimum atomic E-state index is -1.07. The Labute approximate surface area is 153 Å². The molecule has 1 rings (SSSR count). The number of imide groups is 1. The summed E-state index contributed by atoms with van der Waals surface area (Å²) in [6.45, 7) is 7.44. The second-order valence-corrected chi connectivity index (χ2v) is 7.12. The van der Waals surface area contributed by atoms with E-state index < -0.39 is 23.4 Å². The number of carbonyl (C=O) groups is 4. The first-order chi connectivity index (χ1) is 12.0. The molecule has 0 aromatic rings. The van der Waals surface area contributed by atoms with E-state index >= 15 is 0 Å². The molecule has 26 heavy (non-hydrogen) atoms. The summed E-state index contributed by atoms with van der Waals surface area (Å²) in [6.07, 6.45) is 0.516. The Morgan fingerprint density at radius 2 is 1.69 bits per heavy atom. The van der Waals surface area contributed by atoms with Gasteiger partial charge in [0, 0.05) is 26.5 Å². The maximum atomic E-state index is 12.2. The van der Waals surface area contributed by atoms with Gasteiger partial charge in [0.1, 0.15) is 5.60 Å². The first-order valence-electron chi connectivity index (χ1n) is 8.52. The average molecular weight is 372 g/mol. The standard InChI is InChI=1S/C17H28N2O7/c1-16(2,24-5)9-11-25-17(3,4)15(23)18-10-8-14(22)26-19-12(20)6-7-13(19)21/h6-11H2,1-5H3,(H,18,23). The number of ether oxygens (including phenoxy) is 2. The number of amides is 3. The van der Waals surface area contributed by atoms with E-state index in [1.54, 1.807) is 21.0 Å². The molecule has 0 aliphatic carbocycles. The van der Waals surface area contributed by atoms with Crippen molar-refractivity contribution < 1.29 is 33.5 Å². The molecule has 1 heterocycles. The van der Waals surface area contributed by atoms with E-state index in [-0.39, 0.29) is 37.3 Å². The zero-order valence-electron chi connectivity index (χ0n) is 16.0. The molecular weight excluding hydrogens is 344 g/mol. The van der Waals surface area contributed by atoms with E-state index in [2.05, 4.69) is 5.32 Å². The molecule has 1 saturated heterocycles. The lowest BCUT2D eigenvalue weighted by atomic mass is 10.1. The Bertz CT molecular complexity index is 541. The lowest BCUT2D eigenvalue weighted by Gasteiger charge is -2.28. The summed E-state index contributed by atoms with van der Waals surface area (Å²) in [6, 6.07) is 0. The number of hydroxylamine groups is 2. The topological polar surface area (TPSA) is 111 Å². The summed E-state index contributed by atoms with van der Waals surface area (Å²) in [5, 5.41) is 3.06. The van der Waals surface area contributed by atoms with Crippen LogP contribution in [0, 0.1) is 0 Å². The van der Waals surface area contributed by atoms with Crippen molar-refractivity contribution in [3.05, 3.63) is 0 Å². The summed E-state index contributed by atoms with van der Waals surface area (Å²) in [5.74, 6) is -2.23. The molecule has 0 saturated carbocycles. The summed E-state index contributed by atoms with van der Waals surface area (Å²) < 4.78 is 10.9. The number of nitrogens with one attached hydrogen (secondary N) is 1. The second kappa shape index (κ2) is 9.09. The number of rotatable bonds is 10. The fourth-order valence-corrected chi connectivity index (χ4v) is 2.02. The highest BCUT2D eigenvalue weighted by Crippen LogP contribution is 2.17. The van der Waals surface area contributed by atoms with Crippen molar-refractivity contribution in [1.82, 2.24) is 10.4 Å². The van der Waals surface area contributed by atoms with Gasteiger partial charge in [-0.3, -0.25) is 14.4 Å². The van der Waals surface area contributed by atoms with Gasteiger partial charge in [-0.05, 0) is 34.1 Å². The third-order valence-corrected chi connectivity index (χ3v) is 4.08. The van der Waals surface area contributed by atoms with Gasteiger partial charge in [0.25, 0.3) is 17.7 Å². The van der Waals surface area contributed by atoms with Crippen LogP contribution in [0.1, 0.15) is 53.4 Å². The van der Waals surface area contributed by atoms with Gasteiger partial charge < -0.3 is 19.6 Å². The van der Waals surface area contributed by atoms with Crippen molar-refractivity contribution in [2.24, 2.45) is 0 Å². The van der Waals surface area contributed by atoms with Gasteiger partial charge in [0.05, 0.1) is 18.6 Å². The van der Waals surface area contributed by atoms with Gasteiger partial charge in [-0.1, -0.05) is 0 Å². The van der Waals surface area contributed by atoms with Gasteiger partial charge in [-0.25, -0.2) is 4.79 Å². The third-order valence-electron chi connectivity index (χ3n) is 4.08. The average Bonchev–Trinajstić information content (AvgIpc) is 2.86. The van der Waals surface area contributed by atoms with Crippen LogP contribution in [0.3, 0.4) is 0 Å². The number of hydrogen-bond acceptors (Lipinski definition) is 7. The van der Waals surface area contributed by atoms with Gasteiger partial charge in [0.15, 0.2) is 0 Å². The molecule has 148 valence electrons. The van der Waals surface area contributed by atoms with Crippen molar-refractivity contribution in [3.8, 4) is 0 Å². The Balaban J connectivity index is 2.32. The first kappa shape index (κ1) is 22.0. The van der Waals surface area contributed by atoms with Crippen molar-refractivity contribution in [3.63, 3.8) is 0 Å². The number of nitrogens with zero attached hydrogens (tertiary/aromatic N) is 1. The van der Waals surface area contributed by atoms with Gasteiger partial charge >= 0.3 is 5.97 Å². The molecule has 0 atom stereocenters. The smallest absolute Gasteiger partial charge is 0.334 e. The molecule has 9 nitrogen and oxygen atoms in total. The normalized spacial score (nSPS) is 15.3. The van der Waals surface area contributed by atoms with Crippen molar-refractivity contribution >= 4 is 23.7 Å². The maximum absolute atomic E-state index is 12.2. The summed E-state index contributed by atoms with van der Waals surface area (Å²) in [4.78, 5) is 51.3. The molecule has 0 bridgehead atoms. The molecule has 0 radical (unpaired) electrons. The first-order valence-corrected chi connectivity index (χ1v) is 8.52. The largest absolute Gasteiger partial charge is 0.379 e. The molecule has 0 spiro atoms. The molecule has 0 aromatic heterocycles. The van der Waals surface area contributed by atoms with Gasteiger partial charge in [-0.2, -0.15) is 0 Å². The Morgan fingerprint density at radius 3 is 2.23 bits per heavy atom. The fourth-order valence-electron chi connectivity index (χ4n) is 2.02. The van der Waals surface area contributed by atoms with Gasteiger partial charge in [-0.15, -0.1) is 5.06 Å². The zero-order chi connectivity index (χ0) is 20.0. The number of methoxy groups -OCH3 is 1. The van der Waals surface area contributed by atoms with Crippen molar-refractivity contribution in [2.75, 3.05) is 20.3 Å². The number of hydrogen-bond donors (Lipinski definition) is 1. The summed E-state index contributed by atoms with van der Waals surface area (Å²) in [7, 11) is 1.61. The molecule has 1 fully saturated rings. The van der Waals surface area contributed by atoms with Crippen molar-refractivity contribution in [2.45, 2.75) is 64.6 Å². The van der Waals surface area contributed by atoms with E-state index in [0.717, 1.165) is 0 Å². The van der Waals surface area contributed by atoms with E-state index in [0.29, 0.717) is 18.1 Å². The third kappa shape index (κ3) is 6.72. The van der Waals surface area contributed by atoms with Crippen LogP contribution in [0.15, 0.2) is 0 Å². The summed E-state index contributed by atoms with van der Waals surface area (Å²) in [5.41, 5.74) is -1.42. The fraction of sp³-hybridized carbons (Fsp3) is 0.765. The predicted molar refractivity (Wildman–Crippen MR) is 90.5 cm³/mol. The molecular formula is C17H28N2O7. The molecule has 0 unspecified atom stereocenters. The van der Waals surface area contributed by atoms with Crippen LogP contribution < -0.4 is 5.32 Å². The van der Waals surface area contributed by atoms with Gasteiger partial charge in [0.2, 0.25) is 0 Å². The van der Waals surface area contributed by atoms with Crippen LogP contribution >= 0.6 is 0 Å². The molecule has 0 aromatic carbocycles. The van der Waals surface area contributed by atoms with E-state index in [1.165, 1.54) is 0 Å². The van der Waals surface area contributed by atoms with E-state index in [9.17, 15) is 19.2 Å². The number of carbonyl (C=O) groups excluding carboxylic acids is 4. The molecule has 3 amide bonds. The molecule has 9 heteroatoms. The Morgan fingerprint density at radius 1 is 1.12 bits per heavy atom. The Kier molecular flexibility index (Phi) is 7.70. The monoisotopic (exact) mass is 372 g/mol. The van der Waals surface area contributed by atoms with Crippen LogP contribution in [-0.4, -0.2) is 60.2 Å². The van der Waals surface area contributed by atoms with E-state index in [1.807, 2.05) is 13.8 Å². The highest BCUT2D eigenvalue weighted by atomic mass is 16.7.